The van der Waals surface area contributed by atoms with Crippen molar-refractivity contribution in [3.05, 3.63) is 35.5 Å². The molecule has 0 aliphatic carbocycles. The Labute approximate surface area is 120 Å². The summed E-state index contributed by atoms with van der Waals surface area (Å²) < 4.78 is 11.4. The van der Waals surface area contributed by atoms with Crippen LogP contribution in [-0.4, -0.2) is 29.2 Å². The zero-order valence-electron chi connectivity index (χ0n) is 10.5. The number of nitrogens with two attached hydrogens (primary N) is 1. The number of nitrogens with one attached hydrogen (secondary N) is 1. The Hall–Kier alpha value is -2.21. The number of ether oxygens (including phenoxy) is 2. The summed E-state index contributed by atoms with van der Waals surface area (Å²) in [6.45, 7) is 0.999. The molecule has 1 atom stereocenters. The fourth-order valence-corrected chi connectivity index (χ4v) is 2.10. The second-order valence-corrected chi connectivity index (χ2v) is 4.70. The van der Waals surface area contributed by atoms with Gasteiger partial charge in [-0.3, -0.25) is 0 Å². The summed E-state index contributed by atoms with van der Waals surface area (Å²) in [5.41, 5.74) is 5.53. The van der Waals surface area contributed by atoms with E-state index in [2.05, 4.69) is 15.3 Å². The number of anilines is 2. The largest absolute Gasteiger partial charge is 0.486 e. The minimum atomic E-state index is -0.111. The Morgan fingerprint density at radius 2 is 2.10 bits per heavy atom. The maximum absolute atomic E-state index is 5.82. The minimum absolute atomic E-state index is 0.111. The maximum atomic E-state index is 5.82. The lowest BCUT2D eigenvalue weighted by molar-refractivity contribution is 0.0997. The molecule has 0 bridgehead atoms. The van der Waals surface area contributed by atoms with E-state index in [0.29, 0.717) is 24.1 Å². The topological polar surface area (TPSA) is 82.3 Å². The van der Waals surface area contributed by atoms with Crippen molar-refractivity contribution >= 4 is 23.4 Å². The number of halogens is 1. The Morgan fingerprint density at radius 1 is 1.30 bits per heavy atom. The van der Waals surface area contributed by atoms with Gasteiger partial charge in [0.25, 0.3) is 0 Å². The predicted octanol–water partition coefficient (Wildman–Crippen LogP) is 1.96. The van der Waals surface area contributed by atoms with Gasteiger partial charge in [0, 0.05) is 6.07 Å². The lowest BCUT2D eigenvalue weighted by Gasteiger charge is -2.26. The van der Waals surface area contributed by atoms with Gasteiger partial charge in [0.2, 0.25) is 5.95 Å². The van der Waals surface area contributed by atoms with Gasteiger partial charge in [0.1, 0.15) is 23.7 Å². The first kappa shape index (κ1) is 12.8. The molecule has 0 amide bonds. The van der Waals surface area contributed by atoms with Gasteiger partial charge in [-0.25, -0.2) is 4.98 Å². The van der Waals surface area contributed by atoms with Gasteiger partial charge in [-0.2, -0.15) is 4.98 Å². The second-order valence-electron chi connectivity index (χ2n) is 4.31. The number of benzene rings is 1. The van der Waals surface area contributed by atoms with Crippen LogP contribution < -0.4 is 20.5 Å². The summed E-state index contributed by atoms with van der Waals surface area (Å²) in [5.74, 6) is 2.19. The Morgan fingerprint density at radius 3 is 2.90 bits per heavy atom. The first-order valence-electron chi connectivity index (χ1n) is 6.13. The fourth-order valence-electron chi connectivity index (χ4n) is 1.91. The minimum Gasteiger partial charge on any atom is -0.486 e. The van der Waals surface area contributed by atoms with E-state index in [1.54, 1.807) is 6.07 Å². The van der Waals surface area contributed by atoms with Crippen LogP contribution in [0.1, 0.15) is 0 Å². The number of nitrogens with zero attached hydrogens (tertiary/aromatic N) is 2. The van der Waals surface area contributed by atoms with Gasteiger partial charge in [-0.15, -0.1) is 0 Å². The monoisotopic (exact) mass is 292 g/mol. The van der Waals surface area contributed by atoms with Crippen molar-refractivity contribution < 1.29 is 9.47 Å². The number of rotatable bonds is 3. The third-order valence-corrected chi connectivity index (χ3v) is 2.98. The summed E-state index contributed by atoms with van der Waals surface area (Å²) in [6.07, 6.45) is -0.111. The van der Waals surface area contributed by atoms with E-state index in [0.717, 1.165) is 11.5 Å². The van der Waals surface area contributed by atoms with Crippen molar-refractivity contribution in [2.75, 3.05) is 24.2 Å². The van der Waals surface area contributed by atoms with Crippen LogP contribution in [0, 0.1) is 0 Å². The van der Waals surface area contributed by atoms with Crippen molar-refractivity contribution in [1.29, 1.82) is 0 Å². The van der Waals surface area contributed by atoms with Gasteiger partial charge < -0.3 is 20.5 Å². The molecule has 1 aliphatic heterocycles. The molecule has 0 saturated heterocycles. The van der Waals surface area contributed by atoms with Crippen LogP contribution in [0.2, 0.25) is 5.15 Å². The van der Waals surface area contributed by atoms with Gasteiger partial charge >= 0.3 is 0 Å². The van der Waals surface area contributed by atoms with Gasteiger partial charge in [-0.1, -0.05) is 23.7 Å². The number of hydrogen-bond acceptors (Lipinski definition) is 6. The molecule has 0 unspecified atom stereocenters. The van der Waals surface area contributed by atoms with Crippen LogP contribution in [0.25, 0.3) is 0 Å². The van der Waals surface area contributed by atoms with Crippen LogP contribution in [0.4, 0.5) is 11.8 Å². The lowest BCUT2D eigenvalue weighted by atomic mass is 10.2. The molecule has 1 aliphatic rings. The third-order valence-electron chi connectivity index (χ3n) is 2.79. The van der Waals surface area contributed by atoms with Crippen molar-refractivity contribution in [2.45, 2.75) is 6.10 Å². The average molecular weight is 293 g/mol. The molecule has 104 valence electrons. The molecule has 0 saturated carbocycles. The number of para-hydroxylation sites is 2. The van der Waals surface area contributed by atoms with Gasteiger partial charge in [0.15, 0.2) is 11.5 Å². The molecular weight excluding hydrogens is 280 g/mol. The van der Waals surface area contributed by atoms with Crippen LogP contribution in [0.5, 0.6) is 11.5 Å². The van der Waals surface area contributed by atoms with E-state index in [9.17, 15) is 0 Å². The molecule has 2 aromatic rings. The molecule has 0 fully saturated rings. The fraction of sp³-hybridized carbons (Fsp3) is 0.231. The summed E-state index contributed by atoms with van der Waals surface area (Å²) in [5, 5.41) is 3.40. The van der Waals surface area contributed by atoms with Crippen LogP contribution >= 0.6 is 11.6 Å². The Bertz CT molecular complexity index is 603. The first-order chi connectivity index (χ1) is 9.70. The molecule has 1 aromatic carbocycles. The molecule has 1 aromatic heterocycles. The molecule has 3 rings (SSSR count). The highest BCUT2D eigenvalue weighted by molar-refractivity contribution is 6.29. The van der Waals surface area contributed by atoms with Crippen LogP contribution in [0.3, 0.4) is 0 Å². The van der Waals surface area contributed by atoms with E-state index in [1.165, 1.54) is 0 Å². The van der Waals surface area contributed by atoms with Crippen LogP contribution in [-0.2, 0) is 0 Å². The van der Waals surface area contributed by atoms with Crippen LogP contribution in [0.15, 0.2) is 30.3 Å². The number of aromatic nitrogens is 2. The smallest absolute Gasteiger partial charge is 0.223 e. The van der Waals surface area contributed by atoms with E-state index in [1.807, 2.05) is 24.3 Å². The quantitative estimate of drug-likeness (QED) is 0.842. The molecule has 3 N–H and O–H groups in total. The number of fused-ring (bicyclic) bond motifs is 1. The third kappa shape index (κ3) is 2.85. The SMILES string of the molecule is Nc1nc(Cl)cc(NC[C@H]2COc3ccccc3O2)n1. The molecule has 0 radical (unpaired) electrons. The average Bonchev–Trinajstić information content (AvgIpc) is 2.44. The molecule has 2 heterocycles. The standard InChI is InChI=1S/C13H13ClN4O2/c14-11-5-12(18-13(15)17-11)16-6-8-7-19-9-3-1-2-4-10(9)20-8/h1-5,8H,6-7H2,(H3,15,16,17,18)/t8-/m0/s1. The highest BCUT2D eigenvalue weighted by Crippen LogP contribution is 2.30. The normalized spacial score (nSPS) is 16.8. The van der Waals surface area contributed by atoms with E-state index < -0.39 is 0 Å². The second kappa shape index (κ2) is 5.42. The Balaban J connectivity index is 1.62. The summed E-state index contributed by atoms with van der Waals surface area (Å²) in [7, 11) is 0. The first-order valence-corrected chi connectivity index (χ1v) is 6.51. The molecule has 7 heteroatoms. The van der Waals surface area contributed by atoms with E-state index in [-0.39, 0.29) is 12.1 Å². The van der Waals surface area contributed by atoms with Gasteiger partial charge in [0.05, 0.1) is 6.54 Å². The van der Waals surface area contributed by atoms with Crippen molar-refractivity contribution in [3.63, 3.8) is 0 Å². The van der Waals surface area contributed by atoms with Crippen molar-refractivity contribution in [1.82, 2.24) is 9.97 Å². The number of nitrogen functional groups attached to an aromatic ring is 1. The number of hydrogen-bond donors (Lipinski definition) is 2. The lowest BCUT2D eigenvalue weighted by Crippen LogP contribution is -2.35. The van der Waals surface area contributed by atoms with E-state index in [4.69, 9.17) is 26.8 Å². The summed E-state index contributed by atoms with van der Waals surface area (Å²) in [6, 6.07) is 9.18. The van der Waals surface area contributed by atoms with E-state index >= 15 is 0 Å². The Kier molecular flexibility index (Phi) is 3.47. The highest BCUT2D eigenvalue weighted by atomic mass is 35.5. The summed E-state index contributed by atoms with van der Waals surface area (Å²) in [4.78, 5) is 7.83. The molecule has 6 nitrogen and oxygen atoms in total. The summed E-state index contributed by atoms with van der Waals surface area (Å²) >= 11 is 5.81. The molecular formula is C13H13ClN4O2. The van der Waals surface area contributed by atoms with Crippen molar-refractivity contribution in [2.24, 2.45) is 0 Å². The molecule has 20 heavy (non-hydrogen) atoms. The van der Waals surface area contributed by atoms with Gasteiger partial charge in [-0.05, 0) is 12.1 Å². The highest BCUT2D eigenvalue weighted by Gasteiger charge is 2.20. The zero-order valence-corrected chi connectivity index (χ0v) is 11.3. The van der Waals surface area contributed by atoms with Crippen molar-refractivity contribution in [3.8, 4) is 11.5 Å². The zero-order chi connectivity index (χ0) is 13.9. The predicted molar refractivity (Wildman–Crippen MR) is 76.3 cm³/mol. The maximum Gasteiger partial charge on any atom is 0.223 e. The molecule has 0 spiro atoms.